The van der Waals surface area contributed by atoms with Gasteiger partial charge in [-0.1, -0.05) is 146 Å². The van der Waals surface area contributed by atoms with Gasteiger partial charge in [0.15, 0.2) is 0 Å². The number of fused-ring (bicyclic) bond motifs is 11. The number of benzene rings is 9. The van der Waals surface area contributed by atoms with Gasteiger partial charge in [-0.15, -0.1) is 0 Å². The van der Waals surface area contributed by atoms with Crippen LogP contribution in [-0.2, 0) is 5.41 Å². The molecule has 0 amide bonds. The fourth-order valence-electron chi connectivity index (χ4n) is 9.50. The summed E-state index contributed by atoms with van der Waals surface area (Å²) in [6.07, 6.45) is 0. The summed E-state index contributed by atoms with van der Waals surface area (Å²) in [5, 5.41) is 7.03. The highest BCUT2D eigenvalue weighted by atomic mass is 16.3. The predicted molar refractivity (Wildman–Crippen MR) is 227 cm³/mol. The van der Waals surface area contributed by atoms with Gasteiger partial charge in [0, 0.05) is 21.5 Å². The molecule has 1 aliphatic rings. The van der Waals surface area contributed by atoms with Crippen LogP contribution in [0.4, 0.5) is 0 Å². The minimum atomic E-state index is -0.550. The Labute approximate surface area is 317 Å². The highest BCUT2D eigenvalue weighted by Crippen LogP contribution is 2.59. The van der Waals surface area contributed by atoms with E-state index in [1.807, 2.05) is 24.3 Å². The van der Waals surface area contributed by atoms with Gasteiger partial charge in [-0.2, -0.15) is 0 Å². The minimum absolute atomic E-state index is 0.550. The van der Waals surface area contributed by atoms with E-state index in [1.165, 1.54) is 66.4 Å². The summed E-state index contributed by atoms with van der Waals surface area (Å²) >= 11 is 0. The fourth-order valence-corrected chi connectivity index (χ4v) is 9.50. The van der Waals surface area contributed by atoms with Gasteiger partial charge in [0.1, 0.15) is 22.3 Å². The Bertz CT molecular complexity index is 3270. The van der Waals surface area contributed by atoms with Crippen LogP contribution >= 0.6 is 0 Å². The third kappa shape index (κ3) is 4.31. The van der Waals surface area contributed by atoms with Crippen molar-refractivity contribution in [1.29, 1.82) is 0 Å². The van der Waals surface area contributed by atoms with Crippen molar-refractivity contribution in [2.45, 2.75) is 5.41 Å². The molecule has 0 unspecified atom stereocenters. The molecule has 2 heteroatoms. The molecule has 11 aromatic rings. The van der Waals surface area contributed by atoms with Crippen LogP contribution in [0.1, 0.15) is 22.3 Å². The first-order valence-corrected chi connectivity index (χ1v) is 18.9. The van der Waals surface area contributed by atoms with Crippen molar-refractivity contribution in [3.05, 3.63) is 216 Å². The van der Waals surface area contributed by atoms with Crippen molar-refractivity contribution in [3.63, 3.8) is 0 Å². The van der Waals surface area contributed by atoms with Crippen molar-refractivity contribution in [2.24, 2.45) is 0 Å². The Morgan fingerprint density at radius 3 is 1.40 bits per heavy atom. The molecular weight excluding hydrogens is 669 g/mol. The van der Waals surface area contributed by atoms with E-state index in [4.69, 9.17) is 8.83 Å². The molecule has 1 aliphatic carbocycles. The van der Waals surface area contributed by atoms with Crippen LogP contribution in [0.3, 0.4) is 0 Å². The second kappa shape index (κ2) is 11.4. The predicted octanol–water partition coefficient (Wildman–Crippen LogP) is 14.3. The van der Waals surface area contributed by atoms with Gasteiger partial charge in [-0.3, -0.25) is 0 Å². The molecule has 0 saturated heterocycles. The first-order valence-electron chi connectivity index (χ1n) is 18.9. The van der Waals surface area contributed by atoms with Crippen molar-refractivity contribution in [3.8, 4) is 33.4 Å². The zero-order chi connectivity index (χ0) is 36.1. The topological polar surface area (TPSA) is 26.3 Å². The molecule has 256 valence electrons. The van der Waals surface area contributed by atoms with E-state index in [0.29, 0.717) is 0 Å². The maximum Gasteiger partial charge on any atom is 0.135 e. The Hall–Kier alpha value is -7.16. The van der Waals surface area contributed by atoms with Crippen molar-refractivity contribution in [2.75, 3.05) is 0 Å². The van der Waals surface area contributed by atoms with Crippen molar-refractivity contribution < 1.29 is 8.83 Å². The molecule has 0 N–H and O–H groups in total. The molecule has 0 fully saturated rings. The summed E-state index contributed by atoms with van der Waals surface area (Å²) in [5.41, 5.74) is 15.5. The Morgan fingerprint density at radius 1 is 0.309 bits per heavy atom. The van der Waals surface area contributed by atoms with E-state index in [0.717, 1.165) is 43.9 Å². The van der Waals surface area contributed by atoms with Crippen LogP contribution in [0.25, 0.3) is 88.0 Å². The standard InChI is InChI=1S/C53H32O2/c1-3-11-38(12-4-1)53(39-13-5-2-6-14-39)47-32-36(35-23-28-51-46(31-35)43-16-8-10-18-49(43)55-51)20-25-41(47)44-26-21-37-29-33(19-24-40(37)52(44)53)34-22-27-50-45(30-34)42-15-7-9-17-48(42)54-50/h1-32H. The lowest BCUT2D eigenvalue weighted by atomic mass is 9.66. The van der Waals surface area contributed by atoms with Crippen LogP contribution in [0, 0.1) is 0 Å². The normalized spacial score (nSPS) is 13.2. The van der Waals surface area contributed by atoms with Crippen LogP contribution in [0.2, 0.25) is 0 Å². The summed E-state index contributed by atoms with van der Waals surface area (Å²) in [4.78, 5) is 0. The average molecular weight is 701 g/mol. The van der Waals surface area contributed by atoms with E-state index >= 15 is 0 Å². The van der Waals surface area contributed by atoms with Crippen LogP contribution < -0.4 is 0 Å². The van der Waals surface area contributed by atoms with E-state index in [2.05, 4.69) is 170 Å². The first kappa shape index (κ1) is 30.3. The van der Waals surface area contributed by atoms with Gasteiger partial charge in [0.2, 0.25) is 0 Å². The maximum absolute atomic E-state index is 6.21. The van der Waals surface area contributed by atoms with Gasteiger partial charge in [0.25, 0.3) is 0 Å². The molecule has 0 radical (unpaired) electrons. The van der Waals surface area contributed by atoms with Crippen molar-refractivity contribution in [1.82, 2.24) is 0 Å². The fraction of sp³-hybridized carbons (Fsp3) is 0.0189. The third-order valence-corrected chi connectivity index (χ3v) is 11.9. The van der Waals surface area contributed by atoms with Gasteiger partial charge in [0.05, 0.1) is 5.41 Å². The number of para-hydroxylation sites is 2. The van der Waals surface area contributed by atoms with Gasteiger partial charge < -0.3 is 8.83 Å². The summed E-state index contributed by atoms with van der Waals surface area (Å²) < 4.78 is 12.4. The zero-order valence-electron chi connectivity index (χ0n) is 29.8. The number of furan rings is 2. The third-order valence-electron chi connectivity index (χ3n) is 11.9. The lowest BCUT2D eigenvalue weighted by Gasteiger charge is -2.35. The van der Waals surface area contributed by atoms with Crippen LogP contribution in [0.5, 0.6) is 0 Å². The molecule has 55 heavy (non-hydrogen) atoms. The molecule has 0 spiro atoms. The molecule has 0 atom stereocenters. The smallest absolute Gasteiger partial charge is 0.135 e. The van der Waals surface area contributed by atoms with Gasteiger partial charge in [-0.05, 0) is 115 Å². The molecule has 2 heterocycles. The lowest BCUT2D eigenvalue weighted by Crippen LogP contribution is -2.28. The molecule has 0 bridgehead atoms. The highest BCUT2D eigenvalue weighted by molar-refractivity contribution is 6.08. The second-order valence-electron chi connectivity index (χ2n) is 14.8. The number of hydrogen-bond donors (Lipinski definition) is 0. The quantitative estimate of drug-likeness (QED) is 0.183. The summed E-state index contributed by atoms with van der Waals surface area (Å²) in [5.74, 6) is 0. The molecule has 12 rings (SSSR count). The molecule has 0 aliphatic heterocycles. The number of hydrogen-bond acceptors (Lipinski definition) is 2. The molecule has 9 aromatic carbocycles. The summed E-state index contributed by atoms with van der Waals surface area (Å²) in [6.45, 7) is 0. The Kier molecular flexibility index (Phi) is 6.29. The van der Waals surface area contributed by atoms with E-state index < -0.39 is 5.41 Å². The zero-order valence-corrected chi connectivity index (χ0v) is 29.8. The van der Waals surface area contributed by atoms with E-state index in [-0.39, 0.29) is 0 Å². The van der Waals surface area contributed by atoms with Gasteiger partial charge in [-0.25, -0.2) is 0 Å². The summed E-state index contributed by atoms with van der Waals surface area (Å²) in [6, 6.07) is 70.7. The Morgan fingerprint density at radius 2 is 0.782 bits per heavy atom. The summed E-state index contributed by atoms with van der Waals surface area (Å²) in [7, 11) is 0. The highest BCUT2D eigenvalue weighted by Gasteiger charge is 2.47. The molecule has 0 saturated carbocycles. The minimum Gasteiger partial charge on any atom is -0.456 e. The van der Waals surface area contributed by atoms with Crippen LogP contribution in [-0.4, -0.2) is 0 Å². The van der Waals surface area contributed by atoms with Crippen molar-refractivity contribution >= 4 is 54.6 Å². The SMILES string of the molecule is c1ccc(C2(c3ccccc3)c3cc(-c4ccc5oc6ccccc6c5c4)ccc3-c3ccc4cc(-c5ccc6oc7ccccc7c6c5)ccc4c32)cc1. The lowest BCUT2D eigenvalue weighted by molar-refractivity contribution is 0.668. The molecule has 2 aromatic heterocycles. The largest absolute Gasteiger partial charge is 0.456 e. The van der Waals surface area contributed by atoms with Gasteiger partial charge >= 0.3 is 0 Å². The maximum atomic E-state index is 6.21. The Balaban J connectivity index is 1.10. The van der Waals surface area contributed by atoms with E-state index in [1.54, 1.807) is 0 Å². The van der Waals surface area contributed by atoms with E-state index in [9.17, 15) is 0 Å². The molecule has 2 nitrogen and oxygen atoms in total. The monoisotopic (exact) mass is 700 g/mol. The number of rotatable bonds is 4. The average Bonchev–Trinajstić information content (AvgIpc) is 3.91. The van der Waals surface area contributed by atoms with Crippen LogP contribution in [0.15, 0.2) is 203 Å². The second-order valence-corrected chi connectivity index (χ2v) is 14.8. The molecular formula is C53H32O2. The first-order chi connectivity index (χ1) is 27.2.